The number of aromatic nitrogens is 1. The van der Waals surface area contributed by atoms with Crippen LogP contribution in [0.3, 0.4) is 0 Å². The van der Waals surface area contributed by atoms with Crippen LogP contribution in [0.25, 0.3) is 0 Å². The highest BCUT2D eigenvalue weighted by Gasteiger charge is 2.52. The molecule has 0 radical (unpaired) electrons. The van der Waals surface area contributed by atoms with E-state index in [0.717, 1.165) is 18.7 Å². The van der Waals surface area contributed by atoms with E-state index in [2.05, 4.69) is 42.8 Å². The van der Waals surface area contributed by atoms with Gasteiger partial charge in [-0.05, 0) is 23.1 Å². The van der Waals surface area contributed by atoms with Gasteiger partial charge in [-0.1, -0.05) is 57.2 Å². The quantitative estimate of drug-likeness (QED) is 0.927. The highest BCUT2D eigenvalue weighted by Crippen LogP contribution is 2.50. The Kier molecular flexibility index (Phi) is 5.23. The van der Waals surface area contributed by atoms with Crippen LogP contribution in [0.15, 0.2) is 54.7 Å². The van der Waals surface area contributed by atoms with Crippen molar-refractivity contribution < 1.29 is 9.84 Å². The van der Waals surface area contributed by atoms with E-state index in [1.165, 1.54) is 0 Å². The van der Waals surface area contributed by atoms with Gasteiger partial charge in [-0.25, -0.2) is 0 Å². The molecule has 0 bridgehead atoms. The van der Waals surface area contributed by atoms with Gasteiger partial charge in [0.25, 0.3) is 0 Å². The SMILES string of the molecule is CC(C)(C)C(O)(c1ccccn1)C(c1ccccc1)N1CCOCC1. The fraction of sp³-hybridized carbons (Fsp3) is 0.476. The average molecular weight is 340 g/mol. The number of ether oxygens (including phenoxy) is 1. The van der Waals surface area contributed by atoms with Crippen molar-refractivity contribution in [3.63, 3.8) is 0 Å². The highest BCUT2D eigenvalue weighted by molar-refractivity contribution is 5.29. The van der Waals surface area contributed by atoms with Crippen LogP contribution in [-0.2, 0) is 10.3 Å². The van der Waals surface area contributed by atoms with Crippen molar-refractivity contribution in [2.45, 2.75) is 32.4 Å². The molecular formula is C21H28N2O2. The molecule has 2 heterocycles. The summed E-state index contributed by atoms with van der Waals surface area (Å²) in [6.45, 7) is 9.21. The molecule has 2 aromatic rings. The lowest BCUT2D eigenvalue weighted by Gasteiger charge is -2.50. The molecule has 0 aliphatic carbocycles. The molecule has 2 atom stereocenters. The molecule has 134 valence electrons. The summed E-state index contributed by atoms with van der Waals surface area (Å²) >= 11 is 0. The van der Waals surface area contributed by atoms with Crippen LogP contribution in [0.1, 0.15) is 38.1 Å². The first-order valence-electron chi connectivity index (χ1n) is 8.95. The molecule has 1 saturated heterocycles. The third-order valence-corrected chi connectivity index (χ3v) is 5.12. The molecule has 3 rings (SSSR count). The maximum Gasteiger partial charge on any atom is 0.131 e. The van der Waals surface area contributed by atoms with Crippen LogP contribution in [0.4, 0.5) is 0 Å². The van der Waals surface area contributed by atoms with E-state index in [4.69, 9.17) is 4.74 Å². The van der Waals surface area contributed by atoms with Crippen LogP contribution in [0, 0.1) is 5.41 Å². The summed E-state index contributed by atoms with van der Waals surface area (Å²) in [4.78, 5) is 6.88. The van der Waals surface area contributed by atoms with E-state index in [0.29, 0.717) is 18.9 Å². The Labute approximate surface area is 150 Å². The molecule has 0 saturated carbocycles. The molecule has 1 aromatic heterocycles. The first-order valence-corrected chi connectivity index (χ1v) is 8.95. The maximum absolute atomic E-state index is 12.1. The van der Waals surface area contributed by atoms with E-state index in [9.17, 15) is 5.11 Å². The first kappa shape index (κ1) is 18.1. The van der Waals surface area contributed by atoms with Gasteiger partial charge in [0.1, 0.15) is 5.60 Å². The molecule has 4 heteroatoms. The lowest BCUT2D eigenvalue weighted by molar-refractivity contribution is -0.146. The first-order chi connectivity index (χ1) is 11.9. The lowest BCUT2D eigenvalue weighted by atomic mass is 9.67. The van der Waals surface area contributed by atoms with Crippen LogP contribution in [0.2, 0.25) is 0 Å². The summed E-state index contributed by atoms with van der Waals surface area (Å²) in [6.07, 6.45) is 1.76. The van der Waals surface area contributed by atoms with Gasteiger partial charge in [-0.15, -0.1) is 0 Å². The predicted octanol–water partition coefficient (Wildman–Crippen LogP) is 3.39. The zero-order chi connectivity index (χ0) is 17.9. The normalized spacial score (nSPS) is 20.0. The number of aliphatic hydroxyl groups is 1. The van der Waals surface area contributed by atoms with E-state index in [1.807, 2.05) is 36.4 Å². The third-order valence-electron chi connectivity index (χ3n) is 5.12. The van der Waals surface area contributed by atoms with Crippen molar-refractivity contribution in [2.24, 2.45) is 5.41 Å². The molecule has 1 aliphatic heterocycles. The van der Waals surface area contributed by atoms with Crippen molar-refractivity contribution in [3.8, 4) is 0 Å². The maximum atomic E-state index is 12.1. The van der Waals surface area contributed by atoms with E-state index < -0.39 is 11.0 Å². The van der Waals surface area contributed by atoms with E-state index in [-0.39, 0.29) is 6.04 Å². The van der Waals surface area contributed by atoms with Gasteiger partial charge in [0, 0.05) is 19.3 Å². The Balaban J connectivity index is 2.16. The predicted molar refractivity (Wildman–Crippen MR) is 99.2 cm³/mol. The van der Waals surface area contributed by atoms with Gasteiger partial charge in [-0.3, -0.25) is 9.88 Å². The second-order valence-electron chi connectivity index (χ2n) is 7.69. The van der Waals surface area contributed by atoms with Crippen molar-refractivity contribution in [1.82, 2.24) is 9.88 Å². The standard InChI is InChI=1S/C21H28N2O2/c1-20(2,3)21(24,18-11-7-8-12-22-18)19(17-9-5-4-6-10-17)23-13-15-25-16-14-23/h4-12,19,24H,13-16H2,1-3H3. The minimum Gasteiger partial charge on any atom is -0.381 e. The van der Waals surface area contributed by atoms with Gasteiger partial charge >= 0.3 is 0 Å². The molecule has 1 fully saturated rings. The fourth-order valence-electron chi connectivity index (χ4n) is 3.71. The molecule has 0 amide bonds. The van der Waals surface area contributed by atoms with Gasteiger partial charge < -0.3 is 9.84 Å². The minimum atomic E-state index is -1.13. The Morgan fingerprint density at radius 3 is 2.20 bits per heavy atom. The molecule has 1 aromatic carbocycles. The highest BCUT2D eigenvalue weighted by atomic mass is 16.5. The van der Waals surface area contributed by atoms with Crippen LogP contribution < -0.4 is 0 Å². The Bertz CT molecular complexity index is 663. The summed E-state index contributed by atoms with van der Waals surface area (Å²) in [5.74, 6) is 0. The fourth-order valence-corrected chi connectivity index (χ4v) is 3.71. The van der Waals surface area contributed by atoms with Gasteiger partial charge in [0.15, 0.2) is 0 Å². The summed E-state index contributed by atoms with van der Waals surface area (Å²) < 4.78 is 5.55. The number of pyridine rings is 1. The van der Waals surface area contributed by atoms with Crippen molar-refractivity contribution in [3.05, 3.63) is 66.0 Å². The molecular weight excluding hydrogens is 312 g/mol. The van der Waals surface area contributed by atoms with Crippen LogP contribution in [-0.4, -0.2) is 41.3 Å². The summed E-state index contributed by atoms with van der Waals surface area (Å²) in [5, 5.41) is 12.1. The Morgan fingerprint density at radius 1 is 1.00 bits per heavy atom. The molecule has 1 aliphatic rings. The lowest BCUT2D eigenvalue weighted by Crippen LogP contribution is -2.54. The van der Waals surface area contributed by atoms with Gasteiger partial charge in [-0.2, -0.15) is 0 Å². The smallest absolute Gasteiger partial charge is 0.131 e. The number of rotatable bonds is 4. The Morgan fingerprint density at radius 2 is 1.64 bits per heavy atom. The number of benzene rings is 1. The number of hydrogen-bond donors (Lipinski definition) is 1. The van der Waals surface area contributed by atoms with Crippen molar-refractivity contribution in [1.29, 1.82) is 0 Å². The van der Waals surface area contributed by atoms with Gasteiger partial charge in [0.05, 0.1) is 24.9 Å². The summed E-state index contributed by atoms with van der Waals surface area (Å²) in [5.41, 5.74) is 0.281. The van der Waals surface area contributed by atoms with E-state index in [1.54, 1.807) is 6.20 Å². The number of hydrogen-bond acceptors (Lipinski definition) is 4. The summed E-state index contributed by atoms with van der Waals surface area (Å²) in [6, 6.07) is 15.8. The number of morpholine rings is 1. The largest absolute Gasteiger partial charge is 0.381 e. The molecule has 2 unspecified atom stereocenters. The second-order valence-corrected chi connectivity index (χ2v) is 7.69. The topological polar surface area (TPSA) is 45.6 Å². The molecule has 25 heavy (non-hydrogen) atoms. The van der Waals surface area contributed by atoms with Crippen LogP contribution >= 0.6 is 0 Å². The zero-order valence-corrected chi connectivity index (χ0v) is 15.4. The minimum absolute atomic E-state index is 0.188. The Hall–Kier alpha value is -1.75. The van der Waals surface area contributed by atoms with Crippen molar-refractivity contribution >= 4 is 0 Å². The monoisotopic (exact) mass is 340 g/mol. The van der Waals surface area contributed by atoms with Crippen LogP contribution in [0.5, 0.6) is 0 Å². The third kappa shape index (κ3) is 3.47. The average Bonchev–Trinajstić information content (AvgIpc) is 2.63. The molecule has 1 N–H and O–H groups in total. The molecule has 0 spiro atoms. The van der Waals surface area contributed by atoms with Crippen molar-refractivity contribution in [2.75, 3.05) is 26.3 Å². The second kappa shape index (κ2) is 7.24. The number of nitrogens with zero attached hydrogens (tertiary/aromatic N) is 2. The van der Waals surface area contributed by atoms with E-state index >= 15 is 0 Å². The molecule has 4 nitrogen and oxygen atoms in total. The zero-order valence-electron chi connectivity index (χ0n) is 15.4. The summed E-state index contributed by atoms with van der Waals surface area (Å²) in [7, 11) is 0. The van der Waals surface area contributed by atoms with Gasteiger partial charge in [0.2, 0.25) is 0 Å².